The molecule has 1 aliphatic heterocycles. The van der Waals surface area contributed by atoms with Crippen LogP contribution in [0.3, 0.4) is 0 Å². The molecular weight excluding hydrogens is 310 g/mol. The van der Waals surface area contributed by atoms with Gasteiger partial charge in [0.05, 0.1) is 11.5 Å². The second-order valence-corrected chi connectivity index (χ2v) is 5.58. The molecule has 2 atom stereocenters. The molecule has 19 heavy (non-hydrogen) atoms. The minimum Gasteiger partial charge on any atom is -0.369 e. The highest BCUT2D eigenvalue weighted by molar-refractivity contribution is 9.10. The first kappa shape index (κ1) is 14.0. The molecule has 1 fully saturated rings. The van der Waals surface area contributed by atoms with E-state index in [9.17, 15) is 9.59 Å². The second-order valence-electron chi connectivity index (χ2n) is 4.82. The summed E-state index contributed by atoms with van der Waals surface area (Å²) in [5.41, 5.74) is 5.86. The lowest BCUT2D eigenvalue weighted by Gasteiger charge is -2.37. The Morgan fingerprint density at radius 3 is 2.84 bits per heavy atom. The van der Waals surface area contributed by atoms with E-state index in [0.717, 1.165) is 12.8 Å². The molecule has 0 saturated carbocycles. The minimum absolute atomic E-state index is 0.107. The number of carbonyl (C=O) groups is 2. The molecule has 0 aromatic carbocycles. The zero-order valence-corrected chi connectivity index (χ0v) is 12.3. The monoisotopic (exact) mass is 325 g/mol. The number of piperidine rings is 1. The van der Waals surface area contributed by atoms with Crippen LogP contribution in [-0.4, -0.2) is 34.3 Å². The second kappa shape index (κ2) is 5.69. The van der Waals surface area contributed by atoms with Crippen LogP contribution in [0.1, 0.15) is 30.1 Å². The first-order chi connectivity index (χ1) is 9.00. The van der Waals surface area contributed by atoms with E-state index < -0.39 is 0 Å². The van der Waals surface area contributed by atoms with Gasteiger partial charge in [-0.1, -0.05) is 0 Å². The number of carbonyl (C=O) groups excluding carboxylic acids is 2. The van der Waals surface area contributed by atoms with Crippen molar-refractivity contribution in [3.8, 4) is 0 Å². The molecule has 2 N–H and O–H groups in total. The number of amides is 2. The quantitative estimate of drug-likeness (QED) is 0.838. The number of hydrogen-bond acceptors (Lipinski definition) is 3. The standard InChI is InChI=1S/C13H16BrN3O2/c1-8-4-5-9(12(15)18)7-17(8)13(19)10-3-2-6-16-11(10)14/h2-3,6,8-9H,4-5,7H2,1H3,(H2,15,18). The normalized spacial score (nSPS) is 23.2. The summed E-state index contributed by atoms with van der Waals surface area (Å²) in [6.45, 7) is 2.37. The van der Waals surface area contributed by atoms with Crippen LogP contribution in [0, 0.1) is 5.92 Å². The van der Waals surface area contributed by atoms with Gasteiger partial charge in [-0.2, -0.15) is 0 Å². The van der Waals surface area contributed by atoms with Crippen LogP contribution in [0.15, 0.2) is 22.9 Å². The van der Waals surface area contributed by atoms with Crippen LogP contribution >= 0.6 is 15.9 Å². The highest BCUT2D eigenvalue weighted by Crippen LogP contribution is 2.25. The molecule has 1 aromatic rings. The lowest BCUT2D eigenvalue weighted by Crippen LogP contribution is -2.48. The largest absolute Gasteiger partial charge is 0.369 e. The van der Waals surface area contributed by atoms with Crippen molar-refractivity contribution in [3.63, 3.8) is 0 Å². The maximum Gasteiger partial charge on any atom is 0.256 e. The van der Waals surface area contributed by atoms with E-state index in [1.54, 1.807) is 23.2 Å². The van der Waals surface area contributed by atoms with Crippen LogP contribution in [0.5, 0.6) is 0 Å². The van der Waals surface area contributed by atoms with E-state index in [4.69, 9.17) is 5.73 Å². The molecule has 5 nitrogen and oxygen atoms in total. The van der Waals surface area contributed by atoms with E-state index in [1.807, 2.05) is 6.92 Å². The number of halogens is 1. The zero-order chi connectivity index (χ0) is 14.0. The van der Waals surface area contributed by atoms with Gasteiger partial charge in [0, 0.05) is 18.8 Å². The van der Waals surface area contributed by atoms with Gasteiger partial charge in [-0.15, -0.1) is 0 Å². The van der Waals surface area contributed by atoms with Crippen molar-refractivity contribution in [3.05, 3.63) is 28.5 Å². The van der Waals surface area contributed by atoms with Crippen molar-refractivity contribution in [2.24, 2.45) is 11.7 Å². The topological polar surface area (TPSA) is 76.3 Å². The SMILES string of the molecule is CC1CCC(C(N)=O)CN1C(=O)c1cccnc1Br. The molecule has 1 aromatic heterocycles. The van der Waals surface area contributed by atoms with Gasteiger partial charge >= 0.3 is 0 Å². The molecule has 0 radical (unpaired) electrons. The maximum absolute atomic E-state index is 12.5. The van der Waals surface area contributed by atoms with E-state index in [0.29, 0.717) is 16.7 Å². The van der Waals surface area contributed by atoms with Crippen molar-refractivity contribution in [2.75, 3.05) is 6.54 Å². The summed E-state index contributed by atoms with van der Waals surface area (Å²) >= 11 is 3.28. The van der Waals surface area contributed by atoms with Crippen LogP contribution < -0.4 is 5.73 Å². The number of rotatable bonds is 2. The fourth-order valence-corrected chi connectivity index (χ4v) is 2.74. The van der Waals surface area contributed by atoms with Crippen molar-refractivity contribution in [2.45, 2.75) is 25.8 Å². The highest BCUT2D eigenvalue weighted by Gasteiger charge is 2.32. The van der Waals surface area contributed by atoms with Crippen molar-refractivity contribution in [1.82, 2.24) is 9.88 Å². The molecule has 1 aliphatic rings. The van der Waals surface area contributed by atoms with Gasteiger partial charge in [0.25, 0.3) is 5.91 Å². The minimum atomic E-state index is -0.338. The third kappa shape index (κ3) is 2.94. The van der Waals surface area contributed by atoms with Gasteiger partial charge in [0.15, 0.2) is 0 Å². The lowest BCUT2D eigenvalue weighted by atomic mass is 9.92. The fraction of sp³-hybridized carbons (Fsp3) is 0.462. The third-order valence-electron chi connectivity index (χ3n) is 3.53. The van der Waals surface area contributed by atoms with Crippen molar-refractivity contribution >= 4 is 27.7 Å². The third-order valence-corrected chi connectivity index (χ3v) is 4.17. The Morgan fingerprint density at radius 1 is 1.47 bits per heavy atom. The lowest BCUT2D eigenvalue weighted by molar-refractivity contribution is -0.123. The van der Waals surface area contributed by atoms with Crippen LogP contribution in [0.25, 0.3) is 0 Å². The van der Waals surface area contributed by atoms with Gasteiger partial charge in [0.1, 0.15) is 4.60 Å². The predicted molar refractivity (Wildman–Crippen MR) is 74.4 cm³/mol. The predicted octanol–water partition coefficient (Wildman–Crippen LogP) is 1.57. The average Bonchev–Trinajstić information content (AvgIpc) is 2.38. The number of likely N-dealkylation sites (tertiary alicyclic amines) is 1. The number of primary amides is 1. The fourth-order valence-electron chi connectivity index (χ4n) is 2.32. The Kier molecular flexibility index (Phi) is 4.19. The Labute approximate surface area is 120 Å². The molecule has 0 bridgehead atoms. The van der Waals surface area contributed by atoms with Crippen LogP contribution in [0.2, 0.25) is 0 Å². The van der Waals surface area contributed by atoms with Crippen LogP contribution in [-0.2, 0) is 4.79 Å². The molecule has 0 spiro atoms. The van der Waals surface area contributed by atoms with Crippen molar-refractivity contribution < 1.29 is 9.59 Å². The summed E-state index contributed by atoms with van der Waals surface area (Å²) in [4.78, 5) is 29.6. The van der Waals surface area contributed by atoms with E-state index in [2.05, 4.69) is 20.9 Å². The van der Waals surface area contributed by atoms with Gasteiger partial charge in [-0.05, 0) is 47.8 Å². The van der Waals surface area contributed by atoms with E-state index in [1.165, 1.54) is 0 Å². The van der Waals surface area contributed by atoms with Crippen molar-refractivity contribution in [1.29, 1.82) is 0 Å². The molecule has 2 heterocycles. The van der Waals surface area contributed by atoms with Crippen LogP contribution in [0.4, 0.5) is 0 Å². The van der Waals surface area contributed by atoms with Gasteiger partial charge < -0.3 is 10.6 Å². The maximum atomic E-state index is 12.5. The van der Waals surface area contributed by atoms with Gasteiger partial charge in [0.2, 0.25) is 5.91 Å². The zero-order valence-electron chi connectivity index (χ0n) is 10.7. The first-order valence-corrected chi connectivity index (χ1v) is 7.00. The molecular formula is C13H16BrN3O2. The summed E-state index contributed by atoms with van der Waals surface area (Å²) in [5.74, 6) is -0.705. The Balaban J connectivity index is 2.22. The van der Waals surface area contributed by atoms with Gasteiger partial charge in [-0.25, -0.2) is 4.98 Å². The summed E-state index contributed by atoms with van der Waals surface area (Å²) in [7, 11) is 0. The van der Waals surface area contributed by atoms with E-state index in [-0.39, 0.29) is 23.8 Å². The number of aromatic nitrogens is 1. The number of pyridine rings is 1. The van der Waals surface area contributed by atoms with Gasteiger partial charge in [-0.3, -0.25) is 9.59 Å². The molecule has 0 aliphatic carbocycles. The summed E-state index contributed by atoms with van der Waals surface area (Å²) in [5, 5.41) is 0. The molecule has 1 saturated heterocycles. The molecule has 102 valence electrons. The average molecular weight is 326 g/mol. The smallest absolute Gasteiger partial charge is 0.256 e. The number of hydrogen-bond donors (Lipinski definition) is 1. The Hall–Kier alpha value is -1.43. The highest BCUT2D eigenvalue weighted by atomic mass is 79.9. The van der Waals surface area contributed by atoms with E-state index >= 15 is 0 Å². The summed E-state index contributed by atoms with van der Waals surface area (Å²) in [6, 6.07) is 3.55. The Morgan fingerprint density at radius 2 is 2.21 bits per heavy atom. The molecule has 6 heteroatoms. The molecule has 2 amide bonds. The first-order valence-electron chi connectivity index (χ1n) is 6.21. The number of nitrogens with two attached hydrogens (primary N) is 1. The number of nitrogens with zero attached hydrogens (tertiary/aromatic N) is 2. The molecule has 2 unspecified atom stereocenters. The molecule has 2 rings (SSSR count). The Bertz CT molecular complexity index is 506. The summed E-state index contributed by atoms with van der Waals surface area (Å²) in [6.07, 6.45) is 3.15. The summed E-state index contributed by atoms with van der Waals surface area (Å²) < 4.78 is 0.522.